The molecule has 1 fully saturated rings. The van der Waals surface area contributed by atoms with Crippen molar-refractivity contribution in [1.29, 1.82) is 0 Å². The number of hydrogen-bond acceptors (Lipinski definition) is 6. The van der Waals surface area contributed by atoms with E-state index >= 15 is 0 Å². The lowest BCUT2D eigenvalue weighted by Crippen LogP contribution is -2.16. The highest BCUT2D eigenvalue weighted by Gasteiger charge is 2.27. The number of hydrogen-bond donors (Lipinski definition) is 1. The average Bonchev–Trinajstić information content (AvgIpc) is 3.23. The van der Waals surface area contributed by atoms with Gasteiger partial charge in [0.05, 0.1) is 7.11 Å². The first-order valence-corrected chi connectivity index (χ1v) is 9.42. The summed E-state index contributed by atoms with van der Waals surface area (Å²) in [5, 5.41) is 1.67. The lowest BCUT2D eigenvalue weighted by molar-refractivity contribution is 0.406. The third-order valence-corrected chi connectivity index (χ3v) is 6.22. The molecule has 0 amide bonds. The second-order valence-corrected chi connectivity index (χ2v) is 7.91. The molecule has 6 nitrogen and oxygen atoms in total. The van der Waals surface area contributed by atoms with Crippen LogP contribution in [0.25, 0.3) is 0 Å². The van der Waals surface area contributed by atoms with E-state index in [1.54, 1.807) is 11.4 Å². The van der Waals surface area contributed by atoms with E-state index in [1.165, 1.54) is 7.11 Å². The molecule has 1 N–H and O–H groups in total. The van der Waals surface area contributed by atoms with Gasteiger partial charge < -0.3 is 4.74 Å². The number of nitrogens with one attached hydrogen (secondary N) is 1. The molecule has 0 atom stereocenters. The van der Waals surface area contributed by atoms with Crippen molar-refractivity contribution < 1.29 is 13.2 Å². The highest BCUT2D eigenvalue weighted by Crippen LogP contribution is 2.39. The molecule has 8 heteroatoms. The second kappa shape index (κ2) is 5.85. The maximum Gasteiger partial charge on any atom is 0.277 e. The van der Waals surface area contributed by atoms with Crippen molar-refractivity contribution in [2.75, 3.05) is 11.8 Å². The van der Waals surface area contributed by atoms with E-state index in [-0.39, 0.29) is 10.2 Å². The van der Waals surface area contributed by atoms with E-state index in [0.29, 0.717) is 11.7 Å². The van der Waals surface area contributed by atoms with E-state index in [1.807, 2.05) is 13.0 Å². The van der Waals surface area contributed by atoms with Gasteiger partial charge in [-0.2, -0.15) is 0 Å². The largest absolute Gasteiger partial charge is 0.494 e. The van der Waals surface area contributed by atoms with Crippen LogP contribution in [0.2, 0.25) is 0 Å². The van der Waals surface area contributed by atoms with Crippen molar-refractivity contribution in [2.24, 2.45) is 0 Å². The average molecular weight is 339 g/mol. The molecule has 1 aliphatic carbocycles. The van der Waals surface area contributed by atoms with Crippen molar-refractivity contribution in [2.45, 2.75) is 36.3 Å². The van der Waals surface area contributed by atoms with Crippen molar-refractivity contribution in [3.05, 3.63) is 28.9 Å². The van der Waals surface area contributed by atoms with Crippen LogP contribution in [0.3, 0.4) is 0 Å². The highest BCUT2D eigenvalue weighted by atomic mass is 32.2. The van der Waals surface area contributed by atoms with Gasteiger partial charge in [-0.15, -0.1) is 11.3 Å². The Bertz CT molecular complexity index is 782. The summed E-state index contributed by atoms with van der Waals surface area (Å²) >= 11 is 1.10. The minimum Gasteiger partial charge on any atom is -0.494 e. The summed E-state index contributed by atoms with van der Waals surface area (Å²) in [6, 6.07) is 3.58. The van der Waals surface area contributed by atoms with Gasteiger partial charge in [0.2, 0.25) is 5.95 Å². The fourth-order valence-electron chi connectivity index (χ4n) is 2.13. The predicted octanol–water partition coefficient (Wildman–Crippen LogP) is 2.79. The number of aryl methyl sites for hydroxylation is 1. The van der Waals surface area contributed by atoms with Crippen LogP contribution in [0.4, 0.5) is 5.95 Å². The quantitative estimate of drug-likeness (QED) is 0.875. The molecule has 0 bridgehead atoms. The first-order valence-electron chi connectivity index (χ1n) is 7.05. The van der Waals surface area contributed by atoms with Gasteiger partial charge in [-0.3, -0.25) is 0 Å². The number of thiophene rings is 1. The van der Waals surface area contributed by atoms with E-state index in [0.717, 1.165) is 42.0 Å². The molecule has 2 aromatic heterocycles. The maximum absolute atomic E-state index is 12.5. The molecular weight excluding hydrogens is 322 g/mol. The summed E-state index contributed by atoms with van der Waals surface area (Å²) in [5.74, 6) is 0.899. The molecule has 3 rings (SSSR count). The van der Waals surface area contributed by atoms with Crippen LogP contribution in [-0.2, 0) is 16.4 Å². The smallest absolute Gasteiger partial charge is 0.277 e. The number of sulfonamides is 1. The van der Waals surface area contributed by atoms with Crippen LogP contribution < -0.4 is 9.46 Å². The topological polar surface area (TPSA) is 81.2 Å². The van der Waals surface area contributed by atoms with Crippen LogP contribution in [0, 0.1) is 0 Å². The van der Waals surface area contributed by atoms with Crippen LogP contribution in [0.15, 0.2) is 21.7 Å². The van der Waals surface area contributed by atoms with Crippen molar-refractivity contribution in [3.63, 3.8) is 0 Å². The first kappa shape index (κ1) is 15.2. The summed E-state index contributed by atoms with van der Waals surface area (Å²) in [7, 11) is -2.30. The number of methoxy groups -OCH3 is 1. The van der Waals surface area contributed by atoms with Crippen LogP contribution in [-0.4, -0.2) is 25.5 Å². The monoisotopic (exact) mass is 339 g/mol. The zero-order valence-electron chi connectivity index (χ0n) is 12.4. The number of rotatable bonds is 6. The van der Waals surface area contributed by atoms with Crippen LogP contribution in [0.5, 0.6) is 5.75 Å². The Morgan fingerprint density at radius 2 is 2.18 bits per heavy atom. The summed E-state index contributed by atoms with van der Waals surface area (Å²) < 4.78 is 32.6. The zero-order chi connectivity index (χ0) is 15.7. The molecule has 2 heterocycles. The van der Waals surface area contributed by atoms with Gasteiger partial charge in [-0.25, -0.2) is 23.1 Å². The Morgan fingerprint density at radius 1 is 1.41 bits per heavy atom. The molecule has 1 aliphatic rings. The molecule has 0 radical (unpaired) electrons. The van der Waals surface area contributed by atoms with Crippen molar-refractivity contribution in [3.8, 4) is 5.75 Å². The molecule has 0 aromatic carbocycles. The first-order chi connectivity index (χ1) is 10.5. The van der Waals surface area contributed by atoms with Gasteiger partial charge in [0.25, 0.3) is 10.0 Å². The molecule has 0 unspecified atom stereocenters. The third kappa shape index (κ3) is 3.07. The Morgan fingerprint density at radius 3 is 2.82 bits per heavy atom. The van der Waals surface area contributed by atoms with Crippen molar-refractivity contribution >= 4 is 27.3 Å². The van der Waals surface area contributed by atoms with Crippen LogP contribution >= 0.6 is 11.3 Å². The van der Waals surface area contributed by atoms with Crippen LogP contribution in [0.1, 0.15) is 37.1 Å². The molecule has 1 saturated carbocycles. The molecule has 0 spiro atoms. The number of anilines is 1. The summed E-state index contributed by atoms with van der Waals surface area (Å²) in [4.78, 5) is 8.63. The van der Waals surface area contributed by atoms with Gasteiger partial charge in [-0.1, -0.05) is 6.92 Å². The molecule has 0 aliphatic heterocycles. The Kier molecular flexibility index (Phi) is 4.05. The number of aromatic nitrogens is 2. The minimum absolute atomic E-state index is 0.133. The van der Waals surface area contributed by atoms with E-state index in [9.17, 15) is 8.42 Å². The molecule has 2 aromatic rings. The molecule has 0 saturated heterocycles. The molecule has 22 heavy (non-hydrogen) atoms. The highest BCUT2D eigenvalue weighted by molar-refractivity contribution is 7.94. The Balaban J connectivity index is 1.93. The van der Waals surface area contributed by atoms with E-state index in [4.69, 9.17) is 4.74 Å². The van der Waals surface area contributed by atoms with E-state index < -0.39 is 10.0 Å². The van der Waals surface area contributed by atoms with Gasteiger partial charge >= 0.3 is 0 Å². The van der Waals surface area contributed by atoms with Crippen molar-refractivity contribution in [1.82, 2.24) is 9.97 Å². The van der Waals surface area contributed by atoms with Gasteiger partial charge in [-0.05, 0) is 36.8 Å². The summed E-state index contributed by atoms with van der Waals surface area (Å²) in [6.07, 6.45) is 2.94. The predicted molar refractivity (Wildman–Crippen MR) is 85.1 cm³/mol. The SMILES string of the molecule is CCc1cc(C2CC2)nc(NS(=O)(=O)c2sccc2OC)n1. The lowest BCUT2D eigenvalue weighted by Gasteiger charge is -2.09. The minimum atomic E-state index is -3.74. The molecule has 118 valence electrons. The standard InChI is InChI=1S/C14H17N3O3S2/c1-3-10-8-11(9-4-5-9)16-14(15-10)17-22(18,19)13-12(20-2)6-7-21-13/h6-9H,3-5H2,1-2H3,(H,15,16,17). The fraction of sp³-hybridized carbons (Fsp3) is 0.429. The Hall–Kier alpha value is -1.67. The molecular formula is C14H17N3O3S2. The van der Waals surface area contributed by atoms with Gasteiger partial charge in [0, 0.05) is 17.3 Å². The number of ether oxygens (including phenoxy) is 1. The zero-order valence-corrected chi connectivity index (χ0v) is 14.0. The Labute approximate surface area is 133 Å². The van der Waals surface area contributed by atoms with Gasteiger partial charge in [0.15, 0.2) is 4.21 Å². The lowest BCUT2D eigenvalue weighted by atomic mass is 10.2. The maximum atomic E-state index is 12.5. The normalized spacial score (nSPS) is 14.8. The second-order valence-electron chi connectivity index (χ2n) is 5.12. The summed E-state index contributed by atoms with van der Waals surface area (Å²) in [5.41, 5.74) is 1.76. The summed E-state index contributed by atoms with van der Waals surface area (Å²) in [6.45, 7) is 1.99. The fourth-order valence-corrected chi connectivity index (χ4v) is 4.35. The third-order valence-electron chi connectivity index (χ3n) is 3.44. The number of nitrogens with zero attached hydrogens (tertiary/aromatic N) is 2. The van der Waals surface area contributed by atoms with E-state index in [2.05, 4.69) is 14.7 Å². The van der Waals surface area contributed by atoms with Gasteiger partial charge in [0.1, 0.15) is 5.75 Å².